The van der Waals surface area contributed by atoms with Crippen LogP contribution in [0.15, 0.2) is 42.5 Å². The van der Waals surface area contributed by atoms with Gasteiger partial charge in [-0.3, -0.25) is 19.0 Å². The predicted molar refractivity (Wildman–Crippen MR) is 238 cm³/mol. The van der Waals surface area contributed by atoms with Crippen LogP contribution in [-0.2, 0) is 65.8 Å². The van der Waals surface area contributed by atoms with Gasteiger partial charge in [0, 0.05) is 34.9 Å². The van der Waals surface area contributed by atoms with Gasteiger partial charge in [0.15, 0.2) is 21.3 Å². The zero-order valence-electron chi connectivity index (χ0n) is 38.3. The van der Waals surface area contributed by atoms with Crippen molar-refractivity contribution >= 4 is 66.2 Å². The summed E-state index contributed by atoms with van der Waals surface area (Å²) in [5, 5.41) is 17.5. The molecule has 0 aliphatic heterocycles. The van der Waals surface area contributed by atoms with Gasteiger partial charge in [0.05, 0.1) is 40.3 Å². The maximum Gasteiger partial charge on any atom is 0.435 e. The van der Waals surface area contributed by atoms with Crippen LogP contribution in [0.2, 0.25) is 5.02 Å². The number of carboxylic acids is 1. The van der Waals surface area contributed by atoms with E-state index in [0.29, 0.717) is 12.3 Å². The molecule has 0 spiro atoms. The maximum atomic E-state index is 15.6. The number of hydrogen-bond acceptors (Lipinski definition) is 11. The molecule has 2 amide bonds. The van der Waals surface area contributed by atoms with Gasteiger partial charge in [0.1, 0.15) is 47.0 Å². The molecule has 5 aromatic rings. The van der Waals surface area contributed by atoms with Crippen molar-refractivity contribution in [3.8, 4) is 23.0 Å². The predicted octanol–water partition coefficient (Wildman–Crippen LogP) is 8.06. The van der Waals surface area contributed by atoms with Crippen LogP contribution in [0.1, 0.15) is 79.5 Å². The number of sulfone groups is 1. The molecule has 3 heterocycles. The van der Waals surface area contributed by atoms with Gasteiger partial charge in [-0.2, -0.15) is 49.6 Å². The van der Waals surface area contributed by atoms with Gasteiger partial charge < -0.3 is 15.2 Å². The summed E-state index contributed by atoms with van der Waals surface area (Å²) in [5.41, 5.74) is -6.25. The first-order chi connectivity index (χ1) is 33.5. The zero-order chi connectivity index (χ0) is 54.3. The fraction of sp³-hybridized carbons (Fsp3) is 0.409. The Kier molecular flexibility index (Phi) is 14.0. The number of aliphatic carboxylic acids is 1. The summed E-state index contributed by atoms with van der Waals surface area (Å²) in [6.45, 7) is 0.126. The van der Waals surface area contributed by atoms with Gasteiger partial charge in [0.25, 0.3) is 5.92 Å². The topological polar surface area (TPSA) is 213 Å². The number of amides is 2. The molecule has 2 aliphatic rings. The van der Waals surface area contributed by atoms with Crippen molar-refractivity contribution in [2.75, 3.05) is 16.8 Å². The van der Waals surface area contributed by atoms with Crippen LogP contribution in [0, 0.1) is 29.4 Å². The van der Waals surface area contributed by atoms with Crippen molar-refractivity contribution < 1.29 is 85.0 Å². The lowest BCUT2D eigenvalue weighted by Crippen LogP contribution is -2.39. The summed E-state index contributed by atoms with van der Waals surface area (Å²) in [6, 6.07) is 4.47. The molecule has 0 bridgehead atoms. The van der Waals surface area contributed by atoms with E-state index in [4.69, 9.17) is 16.3 Å². The molecule has 2 N–H and O–H groups in total. The monoisotopic (exact) mass is 1100 g/mol. The lowest BCUT2D eigenvalue weighted by molar-refractivity contribution is -0.143. The molecule has 7 rings (SSSR count). The van der Waals surface area contributed by atoms with E-state index in [0.717, 1.165) is 49.6 Å². The maximum absolute atomic E-state index is 15.6. The van der Waals surface area contributed by atoms with Crippen molar-refractivity contribution in [3.63, 3.8) is 0 Å². The molecular weight excluding hydrogens is 1060 g/mol. The minimum atomic E-state index is -5.24. The number of anilines is 1. The molecule has 1 fully saturated rings. The number of benzene rings is 2. The number of sulfonamides is 1. The molecule has 0 unspecified atom stereocenters. The summed E-state index contributed by atoms with van der Waals surface area (Å²) < 4.78 is 202. The quantitative estimate of drug-likeness (QED) is 0.0799. The summed E-state index contributed by atoms with van der Waals surface area (Å²) in [5.74, 6) is -7.83. The Balaban J connectivity index is 1.48. The molecule has 73 heavy (non-hydrogen) atoms. The second kappa shape index (κ2) is 18.8. The molecular formula is C44H38ClF10N7O9S2. The Morgan fingerprint density at radius 1 is 0.973 bits per heavy atom. The number of carbonyl (C=O) groups excluding carboxylic acids is 2. The van der Waals surface area contributed by atoms with Crippen LogP contribution in [0.4, 0.5) is 54.5 Å². The van der Waals surface area contributed by atoms with E-state index in [1.807, 2.05) is 0 Å². The zero-order valence-corrected chi connectivity index (χ0v) is 40.6. The first-order valence-electron chi connectivity index (χ1n) is 21.2. The van der Waals surface area contributed by atoms with Gasteiger partial charge in [-0.1, -0.05) is 23.6 Å². The minimum Gasteiger partial charge on any atom is -0.481 e. The van der Waals surface area contributed by atoms with E-state index < -0.39 is 172 Å². The van der Waals surface area contributed by atoms with Crippen molar-refractivity contribution in [3.05, 3.63) is 93.0 Å². The highest BCUT2D eigenvalue weighted by Crippen LogP contribution is 2.68. The van der Waals surface area contributed by atoms with Crippen LogP contribution in [-0.4, -0.2) is 94.0 Å². The molecule has 2 aliphatic carbocycles. The van der Waals surface area contributed by atoms with Crippen LogP contribution < -0.4 is 9.62 Å². The van der Waals surface area contributed by atoms with E-state index >= 15 is 8.78 Å². The first kappa shape index (κ1) is 54.3. The fourth-order valence-corrected chi connectivity index (χ4v) is 9.52. The van der Waals surface area contributed by atoms with Crippen molar-refractivity contribution in [1.82, 2.24) is 29.9 Å². The van der Waals surface area contributed by atoms with E-state index in [2.05, 4.69) is 32.3 Å². The number of fused-ring (bicyclic) bond motifs is 4. The van der Waals surface area contributed by atoms with E-state index in [1.165, 1.54) is 13.8 Å². The molecule has 16 nitrogen and oxygen atoms in total. The van der Waals surface area contributed by atoms with Crippen LogP contribution in [0.25, 0.3) is 22.0 Å². The number of nitrogens with zero attached hydrogens (tertiary/aromatic N) is 6. The number of aromatic nitrogens is 5. The smallest absolute Gasteiger partial charge is 0.435 e. The van der Waals surface area contributed by atoms with Gasteiger partial charge in [0.2, 0.25) is 15.9 Å². The molecule has 1 saturated carbocycles. The van der Waals surface area contributed by atoms with E-state index in [-0.39, 0.29) is 36.9 Å². The Morgan fingerprint density at radius 3 is 2.18 bits per heavy atom. The number of alkyl halides is 8. The highest BCUT2D eigenvalue weighted by atomic mass is 35.5. The lowest BCUT2D eigenvalue weighted by atomic mass is 9.93. The highest BCUT2D eigenvalue weighted by molar-refractivity contribution is 7.93. The van der Waals surface area contributed by atoms with Crippen molar-refractivity contribution in [1.29, 1.82) is 0 Å². The molecule has 3 aromatic heterocycles. The van der Waals surface area contributed by atoms with Crippen molar-refractivity contribution in [2.45, 2.75) is 94.2 Å². The van der Waals surface area contributed by atoms with Gasteiger partial charge in [-0.15, -0.1) is 0 Å². The number of hydrogen-bond donors (Lipinski definition) is 2. The average Bonchev–Trinajstić information content (AvgIpc) is 3.73. The molecule has 29 heteroatoms. The minimum absolute atomic E-state index is 0.170. The lowest BCUT2D eigenvalue weighted by Gasteiger charge is -2.23. The van der Waals surface area contributed by atoms with Crippen LogP contribution >= 0.6 is 11.6 Å². The largest absolute Gasteiger partial charge is 0.481 e. The number of carbonyl (C=O) groups is 3. The Bertz CT molecular complexity index is 3390. The first-order valence-corrected chi connectivity index (χ1v) is 25.3. The number of pyridine rings is 1. The molecule has 392 valence electrons. The number of ether oxygens (including phenoxy) is 1. The summed E-state index contributed by atoms with van der Waals surface area (Å²) in [4.78, 5) is 43.5. The second-order valence-corrected chi connectivity index (χ2v) is 22.6. The Hall–Kier alpha value is -6.47. The Morgan fingerprint density at radius 2 is 1.60 bits per heavy atom. The number of rotatable bonds is 14. The number of nitrogens with one attached hydrogen (secondary N) is 1. The van der Waals surface area contributed by atoms with E-state index in [1.54, 1.807) is 0 Å². The Labute approximate surface area is 412 Å². The summed E-state index contributed by atoms with van der Waals surface area (Å²) in [6.07, 6.45) is -14.4. The van der Waals surface area contributed by atoms with Crippen molar-refractivity contribution in [2.24, 2.45) is 5.92 Å². The van der Waals surface area contributed by atoms with Crippen LogP contribution in [0.5, 0.6) is 0 Å². The second-order valence-electron chi connectivity index (χ2n) is 17.8. The molecule has 0 saturated heterocycles. The third-order valence-electron chi connectivity index (χ3n) is 11.8. The normalized spacial score (nSPS) is 17.3. The van der Waals surface area contributed by atoms with Crippen LogP contribution in [0.3, 0.4) is 0 Å². The summed E-state index contributed by atoms with van der Waals surface area (Å²) in [7, 11) is -8.89. The highest BCUT2D eigenvalue weighted by Gasteiger charge is 2.68. The number of halogens is 11. The third kappa shape index (κ3) is 11.2. The fourth-order valence-electron chi connectivity index (χ4n) is 8.29. The van der Waals surface area contributed by atoms with E-state index in [9.17, 15) is 71.4 Å². The molecule has 0 radical (unpaired) electrons. The molecule has 2 aromatic carbocycles. The van der Waals surface area contributed by atoms with Gasteiger partial charge in [-0.05, 0) is 81.3 Å². The van der Waals surface area contributed by atoms with Gasteiger partial charge in [-0.25, -0.2) is 35.4 Å². The SMILES string of the molecule is C[C@@H](CC(=O)O)OC(=O)N(c1nn(CC(F)(F)F)c2c(-c3ccc(C#CC(C)(C)S(C)(=O)=O)nc3[C@H](Cc3cc(F)cc(F)c3)NC(=O)Cn3nc(C(F)(F)F)c4c3C(F)(F)[C@@H]3C[C@H]43)ccc(Cl)c12)S(C)(=O)=O. The standard InChI is InChI=1S/C44H38ClF10N7O9S2/c1-20(12-32(64)65)71-40(66)62(73(5,69)70)39-34-29(45)9-8-26(36(34)61(59-39)19-42(48,49)50)25-7-6-24(10-11-41(2,3)72(4,67)68)56-35(25)30(15-21-13-22(46)16-23(47)14-21)57-31(63)18-60-38-33(37(58-60)44(53,54)55)27-17-28(27)43(38,51)52/h6-9,13-14,16,20,27-28,30H,12,15,17-19H2,1-5H3,(H,57,63)(H,64,65)/t20-,27-,28+,30-/m0/s1. The van der Waals surface area contributed by atoms with Gasteiger partial charge >= 0.3 is 24.4 Å². The molecule has 4 atom stereocenters. The number of carboxylic acid groups (broad SMARTS) is 1. The third-order valence-corrected chi connectivity index (χ3v) is 15.0. The average molecular weight is 1100 g/mol. The summed E-state index contributed by atoms with van der Waals surface area (Å²) >= 11 is 6.58.